The largest absolute Gasteiger partial charge is 0.434 e. The molecule has 8 aromatic carbocycles. The fraction of sp³-hybridized carbons (Fsp3) is 0. The Balaban J connectivity index is 1.23. The van der Waals surface area contributed by atoms with E-state index < -0.39 is 0 Å². The van der Waals surface area contributed by atoms with E-state index in [1.165, 1.54) is 52.8 Å². The Kier molecular flexibility index (Phi) is 6.39. The molecule has 0 amide bonds. The smallest absolute Gasteiger partial charge is 0.227 e. The average molecular weight is 684 g/mol. The topological polar surface area (TPSA) is 34.2 Å². The highest BCUT2D eigenvalue weighted by Gasteiger charge is 2.24. The summed E-state index contributed by atoms with van der Waals surface area (Å²) in [4.78, 5) is 7.35. The van der Waals surface area contributed by atoms with Gasteiger partial charge in [0.15, 0.2) is 5.58 Å². The van der Waals surface area contributed by atoms with E-state index in [0.29, 0.717) is 5.89 Å². The molecule has 0 radical (unpaired) electrons. The zero-order valence-corrected chi connectivity index (χ0v) is 28.7. The predicted molar refractivity (Wildman–Crippen MR) is 219 cm³/mol. The summed E-state index contributed by atoms with van der Waals surface area (Å²) in [5, 5.41) is 7.33. The summed E-state index contributed by atoms with van der Waals surface area (Å²) in [7, 11) is 0. The highest BCUT2D eigenvalue weighted by atomic mass is 32.1. The van der Waals surface area contributed by atoms with Crippen LogP contribution in [0.15, 0.2) is 180 Å². The molecule has 5 heteroatoms. The van der Waals surface area contributed by atoms with Crippen LogP contribution in [-0.2, 0) is 0 Å². The molecule has 0 aliphatic heterocycles. The number of rotatable bonds is 5. The first-order valence-corrected chi connectivity index (χ1v) is 18.3. The maximum absolute atomic E-state index is 6.70. The van der Waals surface area contributed by atoms with Crippen LogP contribution in [0.4, 0.5) is 17.1 Å². The van der Waals surface area contributed by atoms with Crippen molar-refractivity contribution in [2.75, 3.05) is 4.90 Å². The Labute approximate surface area is 303 Å². The van der Waals surface area contributed by atoms with Crippen LogP contribution in [0.2, 0.25) is 0 Å². The minimum atomic E-state index is 0.607. The molecule has 0 bridgehead atoms. The van der Waals surface area contributed by atoms with E-state index in [-0.39, 0.29) is 0 Å². The van der Waals surface area contributed by atoms with Crippen LogP contribution in [0, 0.1) is 0 Å². The van der Waals surface area contributed by atoms with Crippen molar-refractivity contribution < 1.29 is 4.42 Å². The van der Waals surface area contributed by atoms with Gasteiger partial charge in [-0.2, -0.15) is 0 Å². The molecule has 0 atom stereocenters. The van der Waals surface area contributed by atoms with Gasteiger partial charge in [-0.05, 0) is 72.1 Å². The lowest BCUT2D eigenvalue weighted by atomic mass is 10.0. The molecule has 3 heterocycles. The van der Waals surface area contributed by atoms with E-state index in [2.05, 4.69) is 149 Å². The molecular weight excluding hydrogens is 655 g/mol. The van der Waals surface area contributed by atoms with E-state index in [1.807, 2.05) is 47.7 Å². The van der Waals surface area contributed by atoms with Crippen molar-refractivity contribution in [2.45, 2.75) is 0 Å². The third-order valence-corrected chi connectivity index (χ3v) is 11.4. The quantitative estimate of drug-likeness (QED) is 0.181. The first-order valence-electron chi connectivity index (χ1n) is 17.5. The molecule has 0 saturated heterocycles. The zero-order valence-electron chi connectivity index (χ0n) is 27.9. The van der Waals surface area contributed by atoms with Crippen LogP contribution in [-0.4, -0.2) is 9.55 Å². The normalized spacial score (nSPS) is 11.8. The van der Waals surface area contributed by atoms with Gasteiger partial charge in [0, 0.05) is 48.6 Å². The number of fused-ring (bicyclic) bond motifs is 9. The highest BCUT2D eigenvalue weighted by Crippen LogP contribution is 2.48. The molecule has 11 rings (SSSR count). The fourth-order valence-electron chi connectivity index (χ4n) is 7.88. The number of aromatic nitrogens is 2. The number of hydrogen-bond acceptors (Lipinski definition) is 4. The van der Waals surface area contributed by atoms with Gasteiger partial charge in [0.25, 0.3) is 0 Å². The van der Waals surface area contributed by atoms with Gasteiger partial charge in [0.05, 0.1) is 27.1 Å². The molecule has 11 aromatic rings. The van der Waals surface area contributed by atoms with Crippen LogP contribution < -0.4 is 4.90 Å². The van der Waals surface area contributed by atoms with Crippen molar-refractivity contribution in [3.63, 3.8) is 0 Å². The summed E-state index contributed by atoms with van der Waals surface area (Å²) >= 11 is 1.83. The number of nitrogens with zero attached hydrogens (tertiary/aromatic N) is 3. The van der Waals surface area contributed by atoms with Gasteiger partial charge in [0.2, 0.25) is 5.89 Å². The molecule has 0 aliphatic carbocycles. The molecule has 244 valence electrons. The third-order valence-electron chi connectivity index (χ3n) is 10.2. The number of thiophene rings is 1. The van der Waals surface area contributed by atoms with Crippen LogP contribution >= 0.6 is 11.3 Å². The second-order valence-corrected chi connectivity index (χ2v) is 14.2. The number of oxazole rings is 1. The highest BCUT2D eigenvalue weighted by molar-refractivity contribution is 7.26. The summed E-state index contributed by atoms with van der Waals surface area (Å²) in [6.45, 7) is 0. The van der Waals surface area contributed by atoms with Gasteiger partial charge in [0.1, 0.15) is 5.52 Å². The maximum atomic E-state index is 6.70. The number of benzene rings is 8. The third kappa shape index (κ3) is 4.36. The van der Waals surface area contributed by atoms with Crippen molar-refractivity contribution in [1.82, 2.24) is 9.55 Å². The van der Waals surface area contributed by atoms with Crippen molar-refractivity contribution in [3.8, 4) is 17.1 Å². The first kappa shape index (κ1) is 29.1. The molecule has 3 aromatic heterocycles. The number of anilines is 3. The van der Waals surface area contributed by atoms with Gasteiger partial charge >= 0.3 is 0 Å². The summed E-state index contributed by atoms with van der Waals surface area (Å²) in [5.74, 6) is 0.607. The molecule has 0 unspecified atom stereocenters. The minimum Gasteiger partial charge on any atom is -0.434 e. The van der Waals surface area contributed by atoms with E-state index in [9.17, 15) is 0 Å². The predicted octanol–water partition coefficient (Wildman–Crippen LogP) is 13.6. The summed E-state index contributed by atoms with van der Waals surface area (Å²) in [6, 6.07) is 62.5. The van der Waals surface area contributed by atoms with Gasteiger partial charge in [-0.25, -0.2) is 4.98 Å². The molecule has 52 heavy (non-hydrogen) atoms. The Hall–Kier alpha value is -6.69. The SMILES string of the molecule is c1ccc(-c2nc3cccc(N(c4ccc5ccc6c7ccccc7n(-c7ccccc7)c6c5c4)c4cccc5c4sc4ccccc45)c3o2)cc1. The zero-order chi connectivity index (χ0) is 34.2. The van der Waals surface area contributed by atoms with E-state index >= 15 is 0 Å². The molecule has 0 fully saturated rings. The lowest BCUT2D eigenvalue weighted by Crippen LogP contribution is -2.10. The fourth-order valence-corrected chi connectivity index (χ4v) is 9.09. The summed E-state index contributed by atoms with van der Waals surface area (Å²) in [5.41, 5.74) is 9.10. The second-order valence-electron chi connectivity index (χ2n) is 13.2. The van der Waals surface area contributed by atoms with Crippen molar-refractivity contribution in [3.05, 3.63) is 176 Å². The van der Waals surface area contributed by atoms with Gasteiger partial charge < -0.3 is 13.9 Å². The standard InChI is InChI=1S/C47H29N3OS/c1-3-13-31(14-4-1)47-48-39-20-12-22-41(45(39)51-47)49(42-23-11-19-37-35-18-8-10-24-43(35)52-46(37)42)33-27-25-30-26-28-36-34-17-7-9-21-40(34)50(44(36)38(30)29-33)32-15-5-2-6-16-32/h1-29H. The van der Waals surface area contributed by atoms with E-state index in [4.69, 9.17) is 9.40 Å². The van der Waals surface area contributed by atoms with Crippen molar-refractivity contribution >= 4 is 92.2 Å². The van der Waals surface area contributed by atoms with E-state index in [1.54, 1.807) is 0 Å². The average Bonchev–Trinajstić information content (AvgIpc) is 3.92. The molecule has 0 aliphatic rings. The molecule has 0 N–H and O–H groups in total. The second kappa shape index (κ2) is 11.4. The van der Waals surface area contributed by atoms with Crippen molar-refractivity contribution in [2.24, 2.45) is 0 Å². The molecular formula is C47H29N3OS. The number of para-hydroxylation sites is 3. The monoisotopic (exact) mass is 683 g/mol. The molecule has 0 saturated carbocycles. The molecule has 0 spiro atoms. The van der Waals surface area contributed by atoms with Gasteiger partial charge in [-0.3, -0.25) is 0 Å². The molecule has 4 nitrogen and oxygen atoms in total. The van der Waals surface area contributed by atoms with Gasteiger partial charge in [-0.1, -0.05) is 109 Å². The van der Waals surface area contributed by atoms with Crippen molar-refractivity contribution in [1.29, 1.82) is 0 Å². The Morgan fingerprint density at radius 2 is 1.25 bits per heavy atom. The Bertz CT molecular complexity index is 3140. The maximum Gasteiger partial charge on any atom is 0.227 e. The minimum absolute atomic E-state index is 0.607. The van der Waals surface area contributed by atoms with Gasteiger partial charge in [-0.15, -0.1) is 11.3 Å². The van der Waals surface area contributed by atoms with E-state index in [0.717, 1.165) is 39.4 Å². The lowest BCUT2D eigenvalue weighted by Gasteiger charge is -2.26. The van der Waals surface area contributed by atoms with Crippen LogP contribution in [0.25, 0.3) is 81.0 Å². The Morgan fingerprint density at radius 1 is 0.538 bits per heavy atom. The lowest BCUT2D eigenvalue weighted by molar-refractivity contribution is 0.620. The Morgan fingerprint density at radius 3 is 2.13 bits per heavy atom. The summed E-state index contributed by atoms with van der Waals surface area (Å²) < 4.78 is 11.6. The van der Waals surface area contributed by atoms with Crippen LogP contribution in [0.5, 0.6) is 0 Å². The van der Waals surface area contributed by atoms with Crippen LogP contribution in [0.3, 0.4) is 0 Å². The number of hydrogen-bond donors (Lipinski definition) is 0. The summed E-state index contributed by atoms with van der Waals surface area (Å²) in [6.07, 6.45) is 0. The van der Waals surface area contributed by atoms with Crippen LogP contribution in [0.1, 0.15) is 0 Å². The first-order chi connectivity index (χ1) is 25.8.